The van der Waals surface area contributed by atoms with Gasteiger partial charge >= 0.3 is 5.97 Å². The van der Waals surface area contributed by atoms with Gasteiger partial charge in [-0.1, -0.05) is 19.9 Å². The van der Waals surface area contributed by atoms with E-state index in [0.717, 1.165) is 5.56 Å². The number of aromatic nitrogens is 1. The Bertz CT molecular complexity index is 377. The van der Waals surface area contributed by atoms with Crippen molar-refractivity contribution >= 4 is 5.97 Å². The van der Waals surface area contributed by atoms with Gasteiger partial charge in [-0.25, -0.2) is 0 Å². The Morgan fingerprint density at radius 3 is 2.44 bits per heavy atom. The Labute approximate surface area is 109 Å². The molecule has 100 valence electrons. The van der Waals surface area contributed by atoms with Gasteiger partial charge in [0.15, 0.2) is 0 Å². The largest absolute Gasteiger partial charge is 0.469 e. The first kappa shape index (κ1) is 14.6. The van der Waals surface area contributed by atoms with Crippen molar-refractivity contribution in [3.05, 3.63) is 30.1 Å². The summed E-state index contributed by atoms with van der Waals surface area (Å²) in [6.45, 7) is 4.07. The van der Waals surface area contributed by atoms with Crippen molar-refractivity contribution in [2.75, 3.05) is 21.2 Å². The molecule has 0 aliphatic heterocycles. The summed E-state index contributed by atoms with van der Waals surface area (Å²) in [5.74, 6) is -0.174. The Kier molecular flexibility index (Phi) is 5.28. The van der Waals surface area contributed by atoms with Crippen LogP contribution < -0.4 is 0 Å². The number of esters is 1. The molecule has 4 heteroatoms. The molecule has 0 aliphatic rings. The summed E-state index contributed by atoms with van der Waals surface area (Å²) < 4.78 is 4.94. The fraction of sp³-hybridized carbons (Fsp3) is 0.571. The minimum Gasteiger partial charge on any atom is -0.469 e. The minimum atomic E-state index is -0.200. The quantitative estimate of drug-likeness (QED) is 0.751. The lowest BCUT2D eigenvalue weighted by molar-refractivity contribution is -0.149. The zero-order valence-corrected chi connectivity index (χ0v) is 11.8. The molecule has 0 bridgehead atoms. The van der Waals surface area contributed by atoms with Crippen LogP contribution in [-0.2, 0) is 9.53 Å². The lowest BCUT2D eigenvalue weighted by Crippen LogP contribution is -2.36. The fourth-order valence-corrected chi connectivity index (χ4v) is 2.28. The van der Waals surface area contributed by atoms with Crippen molar-refractivity contribution in [2.24, 2.45) is 11.8 Å². The zero-order chi connectivity index (χ0) is 13.7. The number of nitrogens with zero attached hydrogens (tertiary/aromatic N) is 2. The third-order valence-corrected chi connectivity index (χ3v) is 3.11. The van der Waals surface area contributed by atoms with Crippen LogP contribution in [0, 0.1) is 11.8 Å². The molecule has 2 atom stereocenters. The number of rotatable bonds is 5. The van der Waals surface area contributed by atoms with Crippen molar-refractivity contribution < 1.29 is 9.53 Å². The normalized spacial score (nSPS) is 14.6. The molecule has 0 saturated heterocycles. The predicted octanol–water partition coefficient (Wildman–Crippen LogP) is 2.13. The molecule has 18 heavy (non-hydrogen) atoms. The number of hydrogen-bond donors (Lipinski definition) is 0. The predicted molar refractivity (Wildman–Crippen MR) is 71.0 cm³/mol. The molecule has 4 nitrogen and oxygen atoms in total. The van der Waals surface area contributed by atoms with Crippen molar-refractivity contribution in [1.29, 1.82) is 0 Å². The van der Waals surface area contributed by atoms with Gasteiger partial charge in [-0.15, -0.1) is 0 Å². The van der Waals surface area contributed by atoms with Crippen molar-refractivity contribution in [2.45, 2.75) is 19.9 Å². The van der Waals surface area contributed by atoms with Gasteiger partial charge in [-0.05, 0) is 31.6 Å². The molecule has 0 aliphatic carbocycles. The molecule has 0 spiro atoms. The van der Waals surface area contributed by atoms with E-state index >= 15 is 0 Å². The molecule has 0 radical (unpaired) electrons. The number of ether oxygens (including phenoxy) is 1. The summed E-state index contributed by atoms with van der Waals surface area (Å²) in [4.78, 5) is 18.2. The van der Waals surface area contributed by atoms with E-state index in [9.17, 15) is 4.79 Å². The molecule has 0 N–H and O–H groups in total. The molecule has 0 fully saturated rings. The van der Waals surface area contributed by atoms with Gasteiger partial charge in [0.05, 0.1) is 13.0 Å². The maximum absolute atomic E-state index is 12.0. The number of carbonyl (C=O) groups is 1. The molecule has 1 rings (SSSR count). The van der Waals surface area contributed by atoms with E-state index in [1.165, 1.54) is 7.11 Å². The van der Waals surface area contributed by atoms with Crippen molar-refractivity contribution in [1.82, 2.24) is 9.88 Å². The van der Waals surface area contributed by atoms with Crippen LogP contribution in [0.2, 0.25) is 0 Å². The van der Waals surface area contributed by atoms with E-state index in [2.05, 4.69) is 4.98 Å². The second-order valence-electron chi connectivity index (χ2n) is 4.99. The topological polar surface area (TPSA) is 42.4 Å². The smallest absolute Gasteiger partial charge is 0.310 e. The third-order valence-electron chi connectivity index (χ3n) is 3.11. The molecule has 0 amide bonds. The van der Waals surface area contributed by atoms with Crippen LogP contribution in [0.1, 0.15) is 25.5 Å². The maximum Gasteiger partial charge on any atom is 0.310 e. The lowest BCUT2D eigenvalue weighted by Gasteiger charge is -2.33. The van der Waals surface area contributed by atoms with Crippen LogP contribution in [-0.4, -0.2) is 37.1 Å². The summed E-state index contributed by atoms with van der Waals surface area (Å²) in [5, 5.41) is 0. The molecule has 1 aromatic heterocycles. The van der Waals surface area contributed by atoms with Gasteiger partial charge in [0.2, 0.25) is 0 Å². The lowest BCUT2D eigenvalue weighted by atomic mass is 9.84. The Morgan fingerprint density at radius 2 is 2.06 bits per heavy atom. The highest BCUT2D eigenvalue weighted by atomic mass is 16.5. The first-order valence-electron chi connectivity index (χ1n) is 6.13. The third kappa shape index (κ3) is 3.29. The highest BCUT2D eigenvalue weighted by molar-refractivity contribution is 5.73. The van der Waals surface area contributed by atoms with E-state index in [0.29, 0.717) is 0 Å². The zero-order valence-electron chi connectivity index (χ0n) is 11.8. The van der Waals surface area contributed by atoms with E-state index < -0.39 is 0 Å². The first-order chi connectivity index (χ1) is 8.49. The number of methoxy groups -OCH3 is 1. The number of hydrogen-bond acceptors (Lipinski definition) is 4. The van der Waals surface area contributed by atoms with Crippen LogP contribution in [0.4, 0.5) is 0 Å². The van der Waals surface area contributed by atoms with E-state index in [1.807, 2.05) is 51.2 Å². The molecular weight excluding hydrogens is 228 g/mol. The maximum atomic E-state index is 12.0. The minimum absolute atomic E-state index is 0.0221. The van der Waals surface area contributed by atoms with Crippen LogP contribution in [0.5, 0.6) is 0 Å². The number of carbonyl (C=O) groups excluding carboxylic acids is 1. The van der Waals surface area contributed by atoms with Gasteiger partial charge in [-0.3, -0.25) is 9.78 Å². The van der Waals surface area contributed by atoms with Crippen LogP contribution >= 0.6 is 0 Å². The molecule has 1 aromatic rings. The van der Waals surface area contributed by atoms with Crippen LogP contribution in [0.3, 0.4) is 0 Å². The van der Waals surface area contributed by atoms with Gasteiger partial charge in [0, 0.05) is 18.4 Å². The SMILES string of the molecule is COC(=O)C(C(C)C)C(c1cccnc1)N(C)C. The Morgan fingerprint density at radius 1 is 1.39 bits per heavy atom. The van der Waals surface area contributed by atoms with E-state index in [1.54, 1.807) is 6.20 Å². The van der Waals surface area contributed by atoms with Crippen LogP contribution in [0.25, 0.3) is 0 Å². The summed E-state index contributed by atoms with van der Waals surface area (Å²) in [6.07, 6.45) is 3.54. The second-order valence-corrected chi connectivity index (χ2v) is 4.99. The highest BCUT2D eigenvalue weighted by Crippen LogP contribution is 2.32. The van der Waals surface area contributed by atoms with Gasteiger partial charge < -0.3 is 9.64 Å². The summed E-state index contributed by atoms with van der Waals surface area (Å²) in [6, 6.07) is 3.86. The van der Waals surface area contributed by atoms with E-state index in [-0.39, 0.29) is 23.8 Å². The second kappa shape index (κ2) is 6.50. The molecule has 0 aromatic carbocycles. The average Bonchev–Trinajstić information content (AvgIpc) is 2.35. The average molecular weight is 250 g/mol. The molecule has 0 saturated carbocycles. The fourth-order valence-electron chi connectivity index (χ4n) is 2.28. The van der Waals surface area contributed by atoms with Gasteiger partial charge in [-0.2, -0.15) is 0 Å². The van der Waals surface area contributed by atoms with Gasteiger partial charge in [0.1, 0.15) is 0 Å². The Hall–Kier alpha value is -1.42. The molecule has 1 heterocycles. The van der Waals surface area contributed by atoms with Gasteiger partial charge in [0.25, 0.3) is 0 Å². The summed E-state index contributed by atoms with van der Waals surface area (Å²) >= 11 is 0. The number of pyridine rings is 1. The summed E-state index contributed by atoms with van der Waals surface area (Å²) in [7, 11) is 5.37. The van der Waals surface area contributed by atoms with E-state index in [4.69, 9.17) is 4.74 Å². The van der Waals surface area contributed by atoms with Crippen molar-refractivity contribution in [3.63, 3.8) is 0 Å². The molecular formula is C14H22N2O2. The summed E-state index contributed by atoms with van der Waals surface area (Å²) in [5.41, 5.74) is 1.03. The van der Waals surface area contributed by atoms with Crippen LogP contribution in [0.15, 0.2) is 24.5 Å². The standard InChI is InChI=1S/C14H22N2O2/c1-10(2)12(14(17)18-5)13(16(3)4)11-7-6-8-15-9-11/h6-10,12-13H,1-5H3. The monoisotopic (exact) mass is 250 g/mol. The Balaban J connectivity index is 3.14. The first-order valence-corrected chi connectivity index (χ1v) is 6.13. The van der Waals surface area contributed by atoms with Crippen molar-refractivity contribution in [3.8, 4) is 0 Å². The highest BCUT2D eigenvalue weighted by Gasteiger charge is 2.34. The molecule has 2 unspecified atom stereocenters.